The van der Waals surface area contributed by atoms with E-state index in [4.69, 9.17) is 23.2 Å². The molecule has 76 valence electrons. The molecule has 2 rings (SSSR count). The first-order valence-electron chi connectivity index (χ1n) is 4.12. The molecule has 3 nitrogen and oxygen atoms in total. The first kappa shape index (κ1) is 10.2. The van der Waals surface area contributed by atoms with Gasteiger partial charge in [-0.15, -0.1) is 0 Å². The van der Waals surface area contributed by atoms with Crippen LogP contribution in [0.15, 0.2) is 30.3 Å². The van der Waals surface area contributed by atoms with Gasteiger partial charge in [0.05, 0.1) is 15.3 Å². The van der Waals surface area contributed by atoms with Crippen molar-refractivity contribution in [1.82, 2.24) is 0 Å². The Morgan fingerprint density at radius 2 is 1.67 bits per heavy atom. The smallest absolute Gasteiger partial charge is 0.258 e. The Labute approximate surface area is 95.4 Å². The lowest BCUT2D eigenvalue weighted by molar-refractivity contribution is -0.382. The van der Waals surface area contributed by atoms with E-state index in [0.717, 1.165) is 0 Å². The minimum Gasteiger partial charge on any atom is -0.258 e. The lowest BCUT2D eigenvalue weighted by Crippen LogP contribution is -1.91. The first-order chi connectivity index (χ1) is 7.11. The van der Waals surface area contributed by atoms with E-state index in [0.29, 0.717) is 15.8 Å². The third-order valence-corrected chi connectivity index (χ3v) is 2.70. The third kappa shape index (κ3) is 1.64. The summed E-state index contributed by atoms with van der Waals surface area (Å²) in [5, 5.41) is 12.4. The predicted octanol–water partition coefficient (Wildman–Crippen LogP) is 4.05. The molecule has 0 aliphatic rings. The molecular weight excluding hydrogens is 237 g/mol. The second-order valence-corrected chi connectivity index (χ2v) is 3.81. The number of nitro groups is 1. The minimum absolute atomic E-state index is 0.0590. The van der Waals surface area contributed by atoms with E-state index in [9.17, 15) is 10.1 Å². The van der Waals surface area contributed by atoms with Crippen LogP contribution >= 0.6 is 23.2 Å². The molecule has 0 saturated carbocycles. The van der Waals surface area contributed by atoms with Gasteiger partial charge in [-0.3, -0.25) is 10.1 Å². The van der Waals surface area contributed by atoms with Crippen molar-refractivity contribution in [1.29, 1.82) is 0 Å². The minimum atomic E-state index is -0.499. The molecule has 0 aliphatic heterocycles. The number of halogens is 2. The highest BCUT2D eigenvalue weighted by Gasteiger charge is 2.18. The van der Waals surface area contributed by atoms with Crippen molar-refractivity contribution in [3.05, 3.63) is 50.5 Å². The third-order valence-electron chi connectivity index (χ3n) is 2.10. The van der Waals surface area contributed by atoms with E-state index >= 15 is 0 Å². The largest absolute Gasteiger partial charge is 0.295 e. The van der Waals surface area contributed by atoms with Crippen molar-refractivity contribution < 1.29 is 4.92 Å². The predicted molar refractivity (Wildman–Crippen MR) is 60.6 cm³/mol. The molecule has 0 saturated heterocycles. The SMILES string of the molecule is O=[N+]([O-])c1c(Cl)cc(Cl)c2ccccc12. The van der Waals surface area contributed by atoms with Crippen molar-refractivity contribution in [3.8, 4) is 0 Å². The van der Waals surface area contributed by atoms with Gasteiger partial charge in [0.25, 0.3) is 5.69 Å². The number of nitrogens with zero attached hydrogens (tertiary/aromatic N) is 1. The monoisotopic (exact) mass is 241 g/mol. The van der Waals surface area contributed by atoms with E-state index < -0.39 is 4.92 Å². The van der Waals surface area contributed by atoms with Gasteiger partial charge in [-0.05, 0) is 12.1 Å². The zero-order chi connectivity index (χ0) is 11.0. The van der Waals surface area contributed by atoms with Crippen LogP contribution in [-0.2, 0) is 0 Å². The van der Waals surface area contributed by atoms with E-state index in [2.05, 4.69) is 0 Å². The summed E-state index contributed by atoms with van der Waals surface area (Å²) in [6.07, 6.45) is 0. The molecule has 0 N–H and O–H groups in total. The van der Waals surface area contributed by atoms with Gasteiger partial charge in [0.15, 0.2) is 0 Å². The van der Waals surface area contributed by atoms with Gasteiger partial charge >= 0.3 is 0 Å². The molecular formula is C10H5Cl2NO2. The highest BCUT2D eigenvalue weighted by Crippen LogP contribution is 2.37. The second kappa shape index (κ2) is 3.68. The molecule has 0 fully saturated rings. The summed E-state index contributed by atoms with van der Waals surface area (Å²) >= 11 is 11.7. The summed E-state index contributed by atoms with van der Waals surface area (Å²) in [6, 6.07) is 8.23. The molecule has 0 amide bonds. The Bertz CT molecular complexity index is 554. The summed E-state index contributed by atoms with van der Waals surface area (Å²) < 4.78 is 0. The maximum atomic E-state index is 10.8. The van der Waals surface area contributed by atoms with Gasteiger partial charge in [-0.1, -0.05) is 41.4 Å². The highest BCUT2D eigenvalue weighted by molar-refractivity contribution is 6.40. The van der Waals surface area contributed by atoms with Crippen molar-refractivity contribution in [2.24, 2.45) is 0 Å². The molecule has 0 radical (unpaired) electrons. The van der Waals surface area contributed by atoms with Gasteiger partial charge in [0.2, 0.25) is 0 Å². The molecule has 0 heterocycles. The van der Waals surface area contributed by atoms with Gasteiger partial charge in [-0.2, -0.15) is 0 Å². The fourth-order valence-electron chi connectivity index (χ4n) is 1.47. The Morgan fingerprint density at radius 1 is 1.07 bits per heavy atom. The Kier molecular flexibility index (Phi) is 2.50. The number of fused-ring (bicyclic) bond motifs is 1. The molecule has 0 aliphatic carbocycles. The van der Waals surface area contributed by atoms with Gasteiger partial charge in [-0.25, -0.2) is 0 Å². The molecule has 0 aromatic heterocycles. The fourth-order valence-corrected chi connectivity index (χ4v) is 2.08. The van der Waals surface area contributed by atoms with Crippen LogP contribution in [0.3, 0.4) is 0 Å². The number of hydrogen-bond donors (Lipinski definition) is 0. The van der Waals surface area contributed by atoms with E-state index in [1.54, 1.807) is 24.3 Å². The maximum Gasteiger partial charge on any atom is 0.295 e. The average Bonchev–Trinajstić information content (AvgIpc) is 2.17. The van der Waals surface area contributed by atoms with Crippen LogP contribution in [0, 0.1) is 10.1 Å². The van der Waals surface area contributed by atoms with Crippen LogP contribution in [0.1, 0.15) is 0 Å². The van der Waals surface area contributed by atoms with Gasteiger partial charge in [0, 0.05) is 5.39 Å². The van der Waals surface area contributed by atoms with Crippen LogP contribution in [0.5, 0.6) is 0 Å². The lowest BCUT2D eigenvalue weighted by Gasteiger charge is -2.03. The van der Waals surface area contributed by atoms with Crippen molar-refractivity contribution in [3.63, 3.8) is 0 Å². The molecule has 0 bridgehead atoms. The average molecular weight is 242 g/mol. The summed E-state index contributed by atoms with van der Waals surface area (Å²) in [5.41, 5.74) is -0.100. The molecule has 2 aromatic carbocycles. The van der Waals surface area contributed by atoms with E-state index in [-0.39, 0.29) is 10.7 Å². The molecule has 2 aromatic rings. The summed E-state index contributed by atoms with van der Waals surface area (Å²) in [5.74, 6) is 0. The normalized spacial score (nSPS) is 10.5. The molecule has 15 heavy (non-hydrogen) atoms. The molecule has 5 heteroatoms. The first-order valence-corrected chi connectivity index (χ1v) is 4.88. The highest BCUT2D eigenvalue weighted by atomic mass is 35.5. The Hall–Kier alpha value is -1.32. The number of benzene rings is 2. The standard InChI is InChI=1S/C10H5Cl2NO2/c11-8-5-9(12)10(13(14)15)7-4-2-1-3-6(7)8/h1-5H. The van der Waals surface area contributed by atoms with Gasteiger partial charge in [0.1, 0.15) is 5.02 Å². The van der Waals surface area contributed by atoms with Gasteiger partial charge < -0.3 is 0 Å². The fraction of sp³-hybridized carbons (Fsp3) is 0. The van der Waals surface area contributed by atoms with Crippen LogP contribution in [-0.4, -0.2) is 4.92 Å². The zero-order valence-electron chi connectivity index (χ0n) is 7.41. The van der Waals surface area contributed by atoms with Crippen LogP contribution in [0.4, 0.5) is 5.69 Å². The Morgan fingerprint density at radius 3 is 2.27 bits per heavy atom. The summed E-state index contributed by atoms with van der Waals surface area (Å²) in [4.78, 5) is 10.3. The van der Waals surface area contributed by atoms with Crippen LogP contribution in [0.2, 0.25) is 10.0 Å². The summed E-state index contributed by atoms with van der Waals surface area (Å²) in [6.45, 7) is 0. The van der Waals surface area contributed by atoms with Crippen molar-refractivity contribution in [2.75, 3.05) is 0 Å². The van der Waals surface area contributed by atoms with E-state index in [1.165, 1.54) is 6.07 Å². The van der Waals surface area contributed by atoms with Crippen molar-refractivity contribution in [2.45, 2.75) is 0 Å². The topological polar surface area (TPSA) is 43.1 Å². The maximum absolute atomic E-state index is 10.8. The van der Waals surface area contributed by atoms with Crippen LogP contribution in [0.25, 0.3) is 10.8 Å². The summed E-state index contributed by atoms with van der Waals surface area (Å²) in [7, 11) is 0. The quantitative estimate of drug-likeness (QED) is 0.559. The number of nitro benzene ring substituents is 1. The van der Waals surface area contributed by atoms with Crippen molar-refractivity contribution >= 4 is 39.7 Å². The van der Waals surface area contributed by atoms with E-state index in [1.807, 2.05) is 0 Å². The molecule has 0 atom stereocenters. The zero-order valence-corrected chi connectivity index (χ0v) is 8.92. The molecule has 0 spiro atoms. The second-order valence-electron chi connectivity index (χ2n) is 2.99. The lowest BCUT2D eigenvalue weighted by atomic mass is 10.1. The van der Waals surface area contributed by atoms with Crippen LogP contribution < -0.4 is 0 Å². The number of rotatable bonds is 1. The Balaban J connectivity index is 2.96. The number of hydrogen-bond acceptors (Lipinski definition) is 2. The molecule has 0 unspecified atom stereocenters.